The SMILES string of the molecule is CCC(C)c1ccccc1NC(=O)C(=O)N(CC)CCc1ccncc1. The highest BCUT2D eigenvalue weighted by atomic mass is 16.2. The molecule has 2 aromatic rings. The Bertz CT molecular complexity index is 731. The summed E-state index contributed by atoms with van der Waals surface area (Å²) in [5, 5.41) is 2.80. The maximum atomic E-state index is 12.6. The number of anilines is 1. The molecule has 138 valence electrons. The average Bonchev–Trinajstić information content (AvgIpc) is 2.68. The molecule has 1 N–H and O–H groups in total. The maximum Gasteiger partial charge on any atom is 0.313 e. The highest BCUT2D eigenvalue weighted by Crippen LogP contribution is 2.26. The van der Waals surface area contributed by atoms with Gasteiger partial charge in [0.25, 0.3) is 0 Å². The van der Waals surface area contributed by atoms with Gasteiger partial charge >= 0.3 is 11.8 Å². The van der Waals surface area contributed by atoms with Crippen molar-refractivity contribution in [3.63, 3.8) is 0 Å². The molecular formula is C21H27N3O2. The van der Waals surface area contributed by atoms with Gasteiger partial charge in [-0.1, -0.05) is 32.0 Å². The third-order valence-electron chi connectivity index (χ3n) is 4.64. The normalized spacial score (nSPS) is 11.7. The Morgan fingerprint density at radius 1 is 1.12 bits per heavy atom. The van der Waals surface area contributed by atoms with Crippen molar-refractivity contribution in [2.75, 3.05) is 18.4 Å². The Hall–Kier alpha value is -2.69. The quantitative estimate of drug-likeness (QED) is 0.773. The van der Waals surface area contributed by atoms with Gasteiger partial charge in [-0.05, 0) is 55.0 Å². The Balaban J connectivity index is 2.02. The summed E-state index contributed by atoms with van der Waals surface area (Å²) in [5.74, 6) is -0.770. The molecule has 1 heterocycles. The number of nitrogens with zero attached hydrogens (tertiary/aromatic N) is 2. The molecule has 0 saturated carbocycles. The van der Waals surface area contributed by atoms with Crippen molar-refractivity contribution in [1.29, 1.82) is 0 Å². The maximum absolute atomic E-state index is 12.6. The molecule has 0 saturated heterocycles. The van der Waals surface area contributed by atoms with Crippen LogP contribution in [0.3, 0.4) is 0 Å². The third-order valence-corrected chi connectivity index (χ3v) is 4.64. The Kier molecular flexibility index (Phi) is 7.33. The summed E-state index contributed by atoms with van der Waals surface area (Å²) in [6.45, 7) is 7.08. The third kappa shape index (κ3) is 5.15. The molecule has 0 aliphatic rings. The second-order valence-electron chi connectivity index (χ2n) is 6.34. The van der Waals surface area contributed by atoms with E-state index in [9.17, 15) is 9.59 Å². The Morgan fingerprint density at radius 2 is 1.81 bits per heavy atom. The van der Waals surface area contributed by atoms with E-state index < -0.39 is 11.8 Å². The fraction of sp³-hybridized carbons (Fsp3) is 0.381. The lowest BCUT2D eigenvalue weighted by Gasteiger charge is -2.21. The molecule has 2 rings (SSSR count). The van der Waals surface area contributed by atoms with Gasteiger partial charge < -0.3 is 10.2 Å². The van der Waals surface area contributed by atoms with Crippen molar-refractivity contribution < 1.29 is 9.59 Å². The van der Waals surface area contributed by atoms with Gasteiger partial charge in [0.1, 0.15) is 0 Å². The molecule has 1 aromatic heterocycles. The number of nitrogens with one attached hydrogen (secondary N) is 1. The highest BCUT2D eigenvalue weighted by molar-refractivity contribution is 6.39. The van der Waals surface area contributed by atoms with Crippen LogP contribution >= 0.6 is 0 Å². The summed E-state index contributed by atoms with van der Waals surface area (Å²) in [7, 11) is 0. The van der Waals surface area contributed by atoms with Crippen molar-refractivity contribution >= 4 is 17.5 Å². The molecule has 0 spiro atoms. The van der Waals surface area contributed by atoms with Crippen molar-refractivity contribution in [3.8, 4) is 0 Å². The first-order valence-electron chi connectivity index (χ1n) is 9.14. The van der Waals surface area contributed by atoms with Crippen molar-refractivity contribution in [3.05, 3.63) is 59.9 Å². The first-order valence-corrected chi connectivity index (χ1v) is 9.14. The molecule has 5 nitrogen and oxygen atoms in total. The van der Waals surface area contributed by atoms with Gasteiger partial charge in [0, 0.05) is 31.2 Å². The van der Waals surface area contributed by atoms with Gasteiger partial charge in [0.15, 0.2) is 0 Å². The van der Waals surface area contributed by atoms with Crippen LogP contribution in [0.1, 0.15) is 44.2 Å². The van der Waals surface area contributed by atoms with E-state index in [1.165, 1.54) is 0 Å². The number of carbonyl (C=O) groups is 2. The van der Waals surface area contributed by atoms with Crippen LogP contribution in [-0.2, 0) is 16.0 Å². The molecule has 0 bridgehead atoms. The lowest BCUT2D eigenvalue weighted by atomic mass is 9.97. The van der Waals surface area contributed by atoms with Gasteiger partial charge in [-0.2, -0.15) is 0 Å². The zero-order valence-electron chi connectivity index (χ0n) is 15.7. The van der Waals surface area contributed by atoms with Gasteiger partial charge in [0.2, 0.25) is 0 Å². The van der Waals surface area contributed by atoms with Gasteiger partial charge in [-0.3, -0.25) is 14.6 Å². The molecule has 0 aliphatic carbocycles. The minimum atomic E-state index is -0.586. The van der Waals surface area contributed by atoms with Crippen LogP contribution in [0, 0.1) is 0 Å². The summed E-state index contributed by atoms with van der Waals surface area (Å²) >= 11 is 0. The number of pyridine rings is 1. The fourth-order valence-electron chi connectivity index (χ4n) is 2.80. The Morgan fingerprint density at radius 3 is 2.46 bits per heavy atom. The van der Waals surface area contributed by atoms with Gasteiger partial charge in [0.05, 0.1) is 0 Å². The van der Waals surface area contributed by atoms with Crippen molar-refractivity contribution in [1.82, 2.24) is 9.88 Å². The zero-order valence-corrected chi connectivity index (χ0v) is 15.7. The molecule has 0 aliphatic heterocycles. The molecule has 1 atom stereocenters. The zero-order chi connectivity index (χ0) is 18.9. The fourth-order valence-corrected chi connectivity index (χ4v) is 2.80. The molecule has 0 fully saturated rings. The van der Waals surface area contributed by atoms with E-state index in [2.05, 4.69) is 24.1 Å². The van der Waals surface area contributed by atoms with E-state index in [4.69, 9.17) is 0 Å². The summed E-state index contributed by atoms with van der Waals surface area (Å²) in [4.78, 5) is 30.6. The smallest absolute Gasteiger partial charge is 0.313 e. The molecule has 26 heavy (non-hydrogen) atoms. The standard InChI is InChI=1S/C21H27N3O2/c1-4-16(3)18-8-6-7-9-19(18)23-20(25)21(26)24(5-2)15-12-17-10-13-22-14-11-17/h6-11,13-14,16H,4-5,12,15H2,1-3H3,(H,23,25). The second kappa shape index (κ2) is 9.70. The number of para-hydroxylation sites is 1. The molecule has 5 heteroatoms. The summed E-state index contributed by atoms with van der Waals surface area (Å²) in [5.41, 5.74) is 2.86. The number of hydrogen-bond acceptors (Lipinski definition) is 3. The van der Waals surface area contributed by atoms with Gasteiger partial charge in [-0.15, -0.1) is 0 Å². The van der Waals surface area contributed by atoms with Crippen LogP contribution in [0.4, 0.5) is 5.69 Å². The molecular weight excluding hydrogens is 326 g/mol. The Labute approximate surface area is 155 Å². The molecule has 1 unspecified atom stereocenters. The number of rotatable bonds is 7. The summed E-state index contributed by atoms with van der Waals surface area (Å²) in [6, 6.07) is 11.5. The number of aromatic nitrogens is 1. The first-order chi connectivity index (χ1) is 12.6. The predicted octanol–water partition coefficient (Wildman–Crippen LogP) is 3.62. The summed E-state index contributed by atoms with van der Waals surface area (Å²) in [6.07, 6.45) is 5.12. The van der Waals surface area contributed by atoms with Crippen molar-refractivity contribution in [2.24, 2.45) is 0 Å². The molecule has 0 radical (unpaired) electrons. The van der Waals surface area contributed by atoms with Crippen LogP contribution in [0.5, 0.6) is 0 Å². The monoisotopic (exact) mass is 353 g/mol. The van der Waals surface area contributed by atoms with Crippen LogP contribution in [0.2, 0.25) is 0 Å². The van der Waals surface area contributed by atoms with E-state index in [0.29, 0.717) is 31.1 Å². The average molecular weight is 353 g/mol. The predicted molar refractivity (Wildman–Crippen MR) is 104 cm³/mol. The van der Waals surface area contributed by atoms with Crippen LogP contribution in [0.15, 0.2) is 48.8 Å². The van der Waals surface area contributed by atoms with E-state index in [1.54, 1.807) is 17.3 Å². The van der Waals surface area contributed by atoms with Crippen LogP contribution < -0.4 is 5.32 Å². The minimum Gasteiger partial charge on any atom is -0.334 e. The van der Waals surface area contributed by atoms with E-state index in [0.717, 1.165) is 17.5 Å². The topological polar surface area (TPSA) is 62.3 Å². The lowest BCUT2D eigenvalue weighted by Crippen LogP contribution is -2.40. The van der Waals surface area contributed by atoms with Gasteiger partial charge in [-0.25, -0.2) is 0 Å². The highest BCUT2D eigenvalue weighted by Gasteiger charge is 2.22. The second-order valence-corrected chi connectivity index (χ2v) is 6.34. The van der Waals surface area contributed by atoms with E-state index >= 15 is 0 Å². The van der Waals surface area contributed by atoms with E-state index in [-0.39, 0.29) is 0 Å². The number of hydrogen-bond donors (Lipinski definition) is 1. The minimum absolute atomic E-state index is 0.315. The van der Waals surface area contributed by atoms with Crippen LogP contribution in [-0.4, -0.2) is 34.8 Å². The largest absolute Gasteiger partial charge is 0.334 e. The van der Waals surface area contributed by atoms with Crippen molar-refractivity contribution in [2.45, 2.75) is 39.5 Å². The molecule has 1 aromatic carbocycles. The lowest BCUT2D eigenvalue weighted by molar-refractivity contribution is -0.143. The number of benzene rings is 1. The number of likely N-dealkylation sites (N-methyl/N-ethyl adjacent to an activating group) is 1. The van der Waals surface area contributed by atoms with E-state index in [1.807, 2.05) is 43.3 Å². The number of carbonyl (C=O) groups excluding carboxylic acids is 2. The molecule has 2 amide bonds. The number of amides is 2. The summed E-state index contributed by atoms with van der Waals surface area (Å²) < 4.78 is 0. The van der Waals surface area contributed by atoms with Crippen LogP contribution in [0.25, 0.3) is 0 Å². The first kappa shape index (κ1) is 19.6.